The fraction of sp³-hybridized carbons (Fsp3) is 0.476. The molecule has 1 heterocycles. The summed E-state index contributed by atoms with van der Waals surface area (Å²) in [5.74, 6) is 0.0465. The summed E-state index contributed by atoms with van der Waals surface area (Å²) in [5, 5.41) is 5.28. The normalized spacial score (nSPS) is 12.3. The lowest BCUT2D eigenvalue weighted by Gasteiger charge is -2.20. The number of benzene rings is 1. The molecule has 1 unspecified atom stereocenters. The molecule has 1 aromatic carbocycles. The number of nitrogens with zero attached hydrogens (tertiary/aromatic N) is 1. The van der Waals surface area contributed by atoms with Crippen LogP contribution in [0.3, 0.4) is 0 Å². The zero-order valence-corrected chi connectivity index (χ0v) is 17.9. The molecule has 1 N–H and O–H groups in total. The molecule has 1 atom stereocenters. The van der Waals surface area contributed by atoms with Gasteiger partial charge in [-0.15, -0.1) is 11.3 Å². The average Bonchev–Trinajstić information content (AvgIpc) is 3.10. The molecule has 0 spiro atoms. The maximum atomic E-state index is 12.2. The quantitative estimate of drug-likeness (QED) is 0.678. The minimum Gasteiger partial charge on any atom is -0.481 e. The third-order valence-electron chi connectivity index (χ3n) is 4.08. The largest absolute Gasteiger partial charge is 0.481 e. The molecular formula is C21H28N2O4S. The summed E-state index contributed by atoms with van der Waals surface area (Å²) in [6.07, 6.45) is -0.0603. The van der Waals surface area contributed by atoms with Gasteiger partial charge in [-0.2, -0.15) is 0 Å². The SMILES string of the molecule is CCOC(=O)c1csc(CCNC(=O)C(C)Oc2ccc(C(C)(C)C)cc2)n1. The summed E-state index contributed by atoms with van der Waals surface area (Å²) in [5.41, 5.74) is 1.59. The van der Waals surface area contributed by atoms with Crippen LogP contribution in [0.5, 0.6) is 5.75 Å². The van der Waals surface area contributed by atoms with Crippen LogP contribution >= 0.6 is 11.3 Å². The van der Waals surface area contributed by atoms with E-state index in [1.54, 1.807) is 19.2 Å². The zero-order chi connectivity index (χ0) is 20.7. The number of ether oxygens (including phenoxy) is 2. The molecule has 1 amide bonds. The average molecular weight is 405 g/mol. The first-order chi connectivity index (χ1) is 13.2. The molecule has 0 aliphatic heterocycles. The highest BCUT2D eigenvalue weighted by molar-refractivity contribution is 7.09. The van der Waals surface area contributed by atoms with Crippen molar-refractivity contribution in [1.82, 2.24) is 10.3 Å². The van der Waals surface area contributed by atoms with Gasteiger partial charge in [0.25, 0.3) is 5.91 Å². The van der Waals surface area contributed by atoms with Crippen molar-refractivity contribution in [3.05, 3.63) is 45.9 Å². The standard InChI is InChI=1S/C21H28N2O4S/c1-6-26-20(25)17-13-28-18(23-17)11-12-22-19(24)14(2)27-16-9-7-15(8-10-16)21(3,4)5/h7-10,13-14H,6,11-12H2,1-5H3,(H,22,24). The highest BCUT2D eigenvalue weighted by atomic mass is 32.1. The summed E-state index contributed by atoms with van der Waals surface area (Å²) in [6, 6.07) is 7.81. The monoisotopic (exact) mass is 404 g/mol. The number of hydrogen-bond donors (Lipinski definition) is 1. The third-order valence-corrected chi connectivity index (χ3v) is 4.99. The van der Waals surface area contributed by atoms with Crippen molar-refractivity contribution in [1.29, 1.82) is 0 Å². The van der Waals surface area contributed by atoms with Crippen LogP contribution in [0.1, 0.15) is 55.7 Å². The Morgan fingerprint density at radius 1 is 1.21 bits per heavy atom. The first-order valence-corrected chi connectivity index (χ1v) is 10.2. The summed E-state index contributed by atoms with van der Waals surface area (Å²) < 4.78 is 10.6. The second-order valence-corrected chi connectivity index (χ2v) is 8.37. The predicted octanol–water partition coefficient (Wildman–Crippen LogP) is 3.74. The summed E-state index contributed by atoms with van der Waals surface area (Å²) in [7, 11) is 0. The maximum absolute atomic E-state index is 12.2. The predicted molar refractivity (Wildman–Crippen MR) is 110 cm³/mol. The van der Waals surface area contributed by atoms with Crippen molar-refractivity contribution in [2.45, 2.75) is 52.6 Å². The summed E-state index contributed by atoms with van der Waals surface area (Å²) >= 11 is 1.38. The fourth-order valence-electron chi connectivity index (χ4n) is 2.45. The van der Waals surface area contributed by atoms with Gasteiger partial charge in [0, 0.05) is 18.3 Å². The van der Waals surface area contributed by atoms with Gasteiger partial charge in [0.15, 0.2) is 11.8 Å². The van der Waals surface area contributed by atoms with Gasteiger partial charge in [-0.3, -0.25) is 4.79 Å². The molecule has 2 aromatic rings. The number of hydrogen-bond acceptors (Lipinski definition) is 6. The van der Waals surface area contributed by atoms with Crippen molar-refractivity contribution in [2.75, 3.05) is 13.2 Å². The van der Waals surface area contributed by atoms with Crippen LogP contribution in [-0.2, 0) is 21.4 Å². The highest BCUT2D eigenvalue weighted by Gasteiger charge is 2.17. The van der Waals surface area contributed by atoms with E-state index in [2.05, 4.69) is 31.1 Å². The second-order valence-electron chi connectivity index (χ2n) is 7.42. The number of thiazole rings is 1. The number of nitrogens with one attached hydrogen (secondary N) is 1. The Bertz CT molecular complexity index is 793. The molecule has 0 radical (unpaired) electrons. The van der Waals surface area contributed by atoms with Gasteiger partial charge in [-0.05, 0) is 37.0 Å². The molecule has 2 rings (SSSR count). The molecule has 0 bridgehead atoms. The molecular weight excluding hydrogens is 376 g/mol. The van der Waals surface area contributed by atoms with Gasteiger partial charge in [0.2, 0.25) is 0 Å². The molecule has 0 saturated carbocycles. The van der Waals surface area contributed by atoms with Crippen LogP contribution in [0, 0.1) is 0 Å². The molecule has 7 heteroatoms. The van der Waals surface area contributed by atoms with Crippen molar-refractivity contribution in [3.63, 3.8) is 0 Å². The molecule has 0 aliphatic carbocycles. The molecule has 0 fully saturated rings. The van der Waals surface area contributed by atoms with Crippen molar-refractivity contribution < 1.29 is 19.1 Å². The van der Waals surface area contributed by atoms with E-state index in [-0.39, 0.29) is 11.3 Å². The van der Waals surface area contributed by atoms with Crippen molar-refractivity contribution in [3.8, 4) is 5.75 Å². The van der Waals surface area contributed by atoms with Gasteiger partial charge < -0.3 is 14.8 Å². The van der Waals surface area contributed by atoms with Crippen LogP contribution in [0.2, 0.25) is 0 Å². The third kappa shape index (κ3) is 6.34. The lowest BCUT2D eigenvalue weighted by Crippen LogP contribution is -2.37. The Morgan fingerprint density at radius 2 is 1.89 bits per heavy atom. The highest BCUT2D eigenvalue weighted by Crippen LogP contribution is 2.24. The minimum atomic E-state index is -0.605. The van der Waals surface area contributed by atoms with Gasteiger partial charge in [0.05, 0.1) is 11.6 Å². The Labute approximate surface area is 170 Å². The fourth-order valence-corrected chi connectivity index (χ4v) is 3.22. The van der Waals surface area contributed by atoms with E-state index in [9.17, 15) is 9.59 Å². The minimum absolute atomic E-state index is 0.0739. The molecule has 6 nitrogen and oxygen atoms in total. The number of amides is 1. The Balaban J connectivity index is 1.79. The Kier molecular flexibility index (Phi) is 7.57. The summed E-state index contributed by atoms with van der Waals surface area (Å²) in [4.78, 5) is 28.1. The van der Waals surface area contributed by atoms with Crippen molar-refractivity contribution in [2.24, 2.45) is 0 Å². The zero-order valence-electron chi connectivity index (χ0n) is 17.1. The first-order valence-electron chi connectivity index (χ1n) is 9.37. The molecule has 152 valence electrons. The van der Waals surface area contributed by atoms with Crippen LogP contribution in [0.25, 0.3) is 0 Å². The van der Waals surface area contributed by atoms with E-state index in [1.807, 2.05) is 24.3 Å². The van der Waals surface area contributed by atoms with E-state index >= 15 is 0 Å². The van der Waals surface area contributed by atoms with E-state index in [0.29, 0.717) is 31.0 Å². The Morgan fingerprint density at radius 3 is 2.50 bits per heavy atom. The second kappa shape index (κ2) is 9.68. The smallest absolute Gasteiger partial charge is 0.357 e. The number of aromatic nitrogens is 1. The van der Waals surface area contributed by atoms with Crippen LogP contribution in [-0.4, -0.2) is 36.1 Å². The summed E-state index contributed by atoms with van der Waals surface area (Å²) in [6.45, 7) is 10.7. The number of esters is 1. The van der Waals surface area contributed by atoms with E-state index in [0.717, 1.165) is 5.01 Å². The van der Waals surface area contributed by atoms with Gasteiger partial charge in [-0.1, -0.05) is 32.9 Å². The Hall–Kier alpha value is -2.41. The number of carbonyl (C=O) groups is 2. The van der Waals surface area contributed by atoms with Gasteiger partial charge >= 0.3 is 5.97 Å². The van der Waals surface area contributed by atoms with Crippen LogP contribution in [0.4, 0.5) is 0 Å². The number of rotatable bonds is 8. The molecule has 0 saturated heterocycles. The number of carbonyl (C=O) groups excluding carboxylic acids is 2. The first kappa shape index (κ1) is 21.9. The lowest BCUT2D eigenvalue weighted by atomic mass is 9.87. The van der Waals surface area contributed by atoms with E-state index in [4.69, 9.17) is 9.47 Å². The van der Waals surface area contributed by atoms with Crippen LogP contribution in [0.15, 0.2) is 29.6 Å². The van der Waals surface area contributed by atoms with E-state index < -0.39 is 12.1 Å². The molecule has 0 aliphatic rings. The maximum Gasteiger partial charge on any atom is 0.357 e. The molecule has 28 heavy (non-hydrogen) atoms. The lowest BCUT2D eigenvalue weighted by molar-refractivity contribution is -0.127. The van der Waals surface area contributed by atoms with Gasteiger partial charge in [-0.25, -0.2) is 9.78 Å². The van der Waals surface area contributed by atoms with Gasteiger partial charge in [0.1, 0.15) is 5.75 Å². The van der Waals surface area contributed by atoms with Crippen LogP contribution < -0.4 is 10.1 Å². The molecule has 1 aromatic heterocycles. The van der Waals surface area contributed by atoms with E-state index in [1.165, 1.54) is 16.9 Å². The topological polar surface area (TPSA) is 77.5 Å². The van der Waals surface area contributed by atoms with Crippen molar-refractivity contribution >= 4 is 23.2 Å².